The monoisotopic (exact) mass is 278 g/mol. The van der Waals surface area contributed by atoms with Crippen molar-refractivity contribution in [1.29, 1.82) is 0 Å². The molecule has 1 heterocycles. The fraction of sp³-hybridized carbons (Fsp3) is 0.562. The van der Waals surface area contributed by atoms with Gasteiger partial charge in [-0.25, -0.2) is 4.39 Å². The average Bonchev–Trinajstić information content (AvgIpc) is 2.47. The third-order valence-corrected chi connectivity index (χ3v) is 3.97. The van der Waals surface area contributed by atoms with Crippen molar-refractivity contribution in [3.05, 3.63) is 35.1 Å². The number of nitrogens with one attached hydrogen (secondary N) is 1. The highest BCUT2D eigenvalue weighted by Gasteiger charge is 2.28. The lowest BCUT2D eigenvalue weighted by Gasteiger charge is -2.36. The summed E-state index contributed by atoms with van der Waals surface area (Å²) in [7, 11) is 1.91. The van der Waals surface area contributed by atoms with Gasteiger partial charge in [0.05, 0.1) is 5.56 Å². The number of likely N-dealkylation sites (tertiary alicyclic amines) is 1. The molecular weight excluding hydrogens is 255 g/mol. The van der Waals surface area contributed by atoms with Gasteiger partial charge in [-0.15, -0.1) is 0 Å². The van der Waals surface area contributed by atoms with Crippen LogP contribution in [0.15, 0.2) is 18.2 Å². The zero-order valence-electron chi connectivity index (χ0n) is 12.3. The molecule has 1 aromatic rings. The largest absolute Gasteiger partial charge is 0.336 e. The molecule has 0 radical (unpaired) electrons. The smallest absolute Gasteiger partial charge is 0.257 e. The van der Waals surface area contributed by atoms with Crippen LogP contribution in [0.4, 0.5) is 4.39 Å². The molecule has 20 heavy (non-hydrogen) atoms. The lowest BCUT2D eigenvalue weighted by atomic mass is 9.97. The number of piperidine rings is 1. The van der Waals surface area contributed by atoms with E-state index in [0.29, 0.717) is 0 Å². The van der Waals surface area contributed by atoms with Gasteiger partial charge in [0.25, 0.3) is 5.91 Å². The normalized spacial score (nSPS) is 19.1. The highest BCUT2D eigenvalue weighted by atomic mass is 19.1. The summed E-state index contributed by atoms with van der Waals surface area (Å²) >= 11 is 0. The molecule has 0 spiro atoms. The molecule has 0 aromatic heterocycles. The van der Waals surface area contributed by atoms with E-state index in [1.165, 1.54) is 6.07 Å². The predicted molar refractivity (Wildman–Crippen MR) is 78.4 cm³/mol. The third kappa shape index (κ3) is 3.37. The van der Waals surface area contributed by atoms with E-state index in [1.54, 1.807) is 12.1 Å². The van der Waals surface area contributed by atoms with Crippen LogP contribution < -0.4 is 5.32 Å². The lowest BCUT2D eigenvalue weighted by molar-refractivity contribution is 0.0597. The van der Waals surface area contributed by atoms with Crippen LogP contribution in [0.1, 0.15) is 41.6 Å². The van der Waals surface area contributed by atoms with Gasteiger partial charge in [0.1, 0.15) is 5.82 Å². The Morgan fingerprint density at radius 3 is 3.00 bits per heavy atom. The molecule has 0 aliphatic carbocycles. The van der Waals surface area contributed by atoms with Crippen LogP contribution in [0.3, 0.4) is 0 Å². The van der Waals surface area contributed by atoms with Crippen molar-refractivity contribution in [3.8, 4) is 0 Å². The Hall–Kier alpha value is -1.42. The first kappa shape index (κ1) is 15.0. The van der Waals surface area contributed by atoms with Crippen LogP contribution >= 0.6 is 0 Å². The van der Waals surface area contributed by atoms with Crippen molar-refractivity contribution in [2.45, 2.75) is 38.6 Å². The molecule has 0 saturated carbocycles. The van der Waals surface area contributed by atoms with E-state index >= 15 is 0 Å². The standard InChI is InChI=1S/C16H23FN2O/c1-12-6-7-15(17)14(11-12)16(20)19-10-4-3-5-13(19)8-9-18-2/h6-7,11,13,18H,3-5,8-10H2,1-2H3. The van der Waals surface area contributed by atoms with Crippen LogP contribution in [0.5, 0.6) is 0 Å². The van der Waals surface area contributed by atoms with Crippen molar-refractivity contribution in [1.82, 2.24) is 10.2 Å². The Kier molecular flexibility index (Phi) is 5.12. The van der Waals surface area contributed by atoms with Crippen LogP contribution in [0, 0.1) is 12.7 Å². The molecule has 110 valence electrons. The number of hydrogen-bond donors (Lipinski definition) is 1. The number of carbonyl (C=O) groups is 1. The minimum atomic E-state index is -0.418. The first-order valence-electron chi connectivity index (χ1n) is 7.35. The molecule has 3 nitrogen and oxygen atoms in total. The second-order valence-corrected chi connectivity index (χ2v) is 5.52. The first-order chi connectivity index (χ1) is 9.63. The molecule has 2 rings (SSSR count). The molecule has 4 heteroatoms. The van der Waals surface area contributed by atoms with E-state index in [9.17, 15) is 9.18 Å². The lowest BCUT2D eigenvalue weighted by Crippen LogP contribution is -2.45. The van der Waals surface area contributed by atoms with Crippen molar-refractivity contribution in [3.63, 3.8) is 0 Å². The van der Waals surface area contributed by atoms with Gasteiger partial charge in [0.2, 0.25) is 0 Å². The van der Waals surface area contributed by atoms with Crippen molar-refractivity contribution >= 4 is 5.91 Å². The SMILES string of the molecule is CNCCC1CCCCN1C(=O)c1cc(C)ccc1F. The predicted octanol–water partition coefficient (Wildman–Crippen LogP) is 2.74. The van der Waals surface area contributed by atoms with Gasteiger partial charge in [-0.05, 0) is 58.3 Å². The fourth-order valence-electron chi connectivity index (χ4n) is 2.84. The Morgan fingerprint density at radius 2 is 2.25 bits per heavy atom. The summed E-state index contributed by atoms with van der Waals surface area (Å²) in [5.74, 6) is -0.578. The number of rotatable bonds is 4. The maximum atomic E-state index is 13.9. The molecule has 1 aliphatic rings. The first-order valence-corrected chi connectivity index (χ1v) is 7.35. The maximum Gasteiger partial charge on any atom is 0.257 e. The summed E-state index contributed by atoms with van der Waals surface area (Å²) in [5.41, 5.74) is 1.12. The third-order valence-electron chi connectivity index (χ3n) is 3.97. The van der Waals surface area contributed by atoms with Gasteiger partial charge < -0.3 is 10.2 Å². The van der Waals surface area contributed by atoms with Gasteiger partial charge in [-0.3, -0.25) is 4.79 Å². The summed E-state index contributed by atoms with van der Waals surface area (Å²) in [6, 6.07) is 4.96. The summed E-state index contributed by atoms with van der Waals surface area (Å²) in [6.07, 6.45) is 4.10. The second-order valence-electron chi connectivity index (χ2n) is 5.52. The van der Waals surface area contributed by atoms with Gasteiger partial charge in [-0.2, -0.15) is 0 Å². The summed E-state index contributed by atoms with van der Waals surface area (Å²) in [4.78, 5) is 14.5. The molecule has 1 unspecified atom stereocenters. The van der Waals surface area contributed by atoms with Crippen LogP contribution in [0.2, 0.25) is 0 Å². The summed E-state index contributed by atoms with van der Waals surface area (Å²) < 4.78 is 13.9. The van der Waals surface area contributed by atoms with E-state index in [-0.39, 0.29) is 17.5 Å². The molecule has 1 amide bonds. The Morgan fingerprint density at radius 1 is 1.45 bits per heavy atom. The van der Waals surface area contributed by atoms with Gasteiger partial charge in [0, 0.05) is 12.6 Å². The van der Waals surface area contributed by atoms with E-state index in [4.69, 9.17) is 0 Å². The molecule has 0 bridgehead atoms. The molecule has 1 fully saturated rings. The van der Waals surface area contributed by atoms with Crippen molar-refractivity contribution in [2.24, 2.45) is 0 Å². The number of benzene rings is 1. The Bertz CT molecular complexity index is 476. The summed E-state index contributed by atoms with van der Waals surface area (Å²) in [6.45, 7) is 3.50. The van der Waals surface area contributed by atoms with Gasteiger partial charge >= 0.3 is 0 Å². The number of halogens is 1. The molecule has 1 aromatic carbocycles. The molecule has 1 aliphatic heterocycles. The Labute approximate surface area is 120 Å². The van der Waals surface area contributed by atoms with E-state index in [2.05, 4.69) is 5.32 Å². The van der Waals surface area contributed by atoms with Gasteiger partial charge in [-0.1, -0.05) is 11.6 Å². The van der Waals surface area contributed by atoms with E-state index in [0.717, 1.165) is 44.3 Å². The minimum absolute atomic E-state index is 0.160. The number of aryl methyl sites for hydroxylation is 1. The zero-order valence-corrected chi connectivity index (χ0v) is 12.3. The number of nitrogens with zero attached hydrogens (tertiary/aromatic N) is 1. The Balaban J connectivity index is 2.18. The maximum absolute atomic E-state index is 13.9. The number of carbonyl (C=O) groups excluding carboxylic acids is 1. The zero-order chi connectivity index (χ0) is 14.5. The molecule has 1 saturated heterocycles. The molecule has 1 atom stereocenters. The van der Waals surface area contributed by atoms with Gasteiger partial charge in [0.15, 0.2) is 0 Å². The van der Waals surface area contributed by atoms with Crippen molar-refractivity contribution in [2.75, 3.05) is 20.1 Å². The number of hydrogen-bond acceptors (Lipinski definition) is 2. The number of amides is 1. The minimum Gasteiger partial charge on any atom is -0.336 e. The highest BCUT2D eigenvalue weighted by molar-refractivity contribution is 5.95. The topological polar surface area (TPSA) is 32.3 Å². The molecule has 1 N–H and O–H groups in total. The van der Waals surface area contributed by atoms with Crippen LogP contribution in [-0.2, 0) is 0 Å². The average molecular weight is 278 g/mol. The van der Waals surface area contributed by atoms with E-state index in [1.807, 2.05) is 18.9 Å². The molecular formula is C16H23FN2O. The quantitative estimate of drug-likeness (QED) is 0.918. The van der Waals surface area contributed by atoms with Crippen LogP contribution in [-0.4, -0.2) is 37.0 Å². The fourth-order valence-corrected chi connectivity index (χ4v) is 2.84. The highest BCUT2D eigenvalue weighted by Crippen LogP contribution is 2.23. The second kappa shape index (κ2) is 6.84. The van der Waals surface area contributed by atoms with Crippen molar-refractivity contribution < 1.29 is 9.18 Å². The van der Waals surface area contributed by atoms with E-state index < -0.39 is 5.82 Å². The van der Waals surface area contributed by atoms with Crippen LogP contribution in [0.25, 0.3) is 0 Å². The summed E-state index contributed by atoms with van der Waals surface area (Å²) in [5, 5.41) is 3.12.